The molecule has 1 unspecified atom stereocenters. The Morgan fingerprint density at radius 3 is 2.53 bits per heavy atom. The molecule has 1 rings (SSSR count). The third-order valence-electron chi connectivity index (χ3n) is 2.55. The number of nitrogens with zero attached hydrogens (tertiary/aromatic N) is 3. The summed E-state index contributed by atoms with van der Waals surface area (Å²) in [6.45, 7) is 5.32. The number of carbonyl (C=O) groups is 1. The summed E-state index contributed by atoms with van der Waals surface area (Å²) in [6, 6.07) is -0.604. The second-order valence-electron chi connectivity index (χ2n) is 3.39. The lowest BCUT2D eigenvalue weighted by Gasteiger charge is -2.26. The average Bonchev–Trinajstić information content (AvgIpc) is 2.60. The van der Waals surface area contributed by atoms with Crippen LogP contribution in [0.5, 0.6) is 0 Å². The van der Waals surface area contributed by atoms with Crippen molar-refractivity contribution in [3.8, 4) is 0 Å². The summed E-state index contributed by atoms with van der Waals surface area (Å²) in [5, 5.41) is 9.22. The molecule has 0 aliphatic carbocycles. The molecule has 0 spiro atoms. The number of rotatable bonds is 5. The maximum atomic E-state index is 11.2. The number of aryl methyl sites for hydroxylation is 1. The standard InChI is InChI=1S/C10H17N3O2/c1-4-13(5-2)9(10(14)15)8-6-11-7-12(8)3/h6-7,9H,4-5H2,1-3H3,(H,14,15). The predicted molar refractivity (Wildman–Crippen MR) is 56.5 cm³/mol. The minimum Gasteiger partial charge on any atom is -0.480 e. The smallest absolute Gasteiger partial charge is 0.327 e. The van der Waals surface area contributed by atoms with Crippen LogP contribution >= 0.6 is 0 Å². The molecule has 0 bridgehead atoms. The van der Waals surface area contributed by atoms with E-state index in [2.05, 4.69) is 4.98 Å². The predicted octanol–water partition coefficient (Wildman–Crippen LogP) is 0.888. The molecule has 0 aliphatic rings. The summed E-state index contributed by atoms with van der Waals surface area (Å²) in [6.07, 6.45) is 3.23. The fourth-order valence-electron chi connectivity index (χ4n) is 1.69. The highest BCUT2D eigenvalue weighted by Gasteiger charge is 2.27. The quantitative estimate of drug-likeness (QED) is 0.785. The van der Waals surface area contributed by atoms with Crippen LogP contribution in [0, 0.1) is 0 Å². The summed E-state index contributed by atoms with van der Waals surface area (Å²) < 4.78 is 1.75. The first-order valence-electron chi connectivity index (χ1n) is 5.04. The summed E-state index contributed by atoms with van der Waals surface area (Å²) in [5.74, 6) is -0.831. The van der Waals surface area contributed by atoms with E-state index in [1.165, 1.54) is 0 Å². The number of hydrogen-bond donors (Lipinski definition) is 1. The highest BCUT2D eigenvalue weighted by atomic mass is 16.4. The Morgan fingerprint density at radius 1 is 1.60 bits per heavy atom. The van der Waals surface area contributed by atoms with Gasteiger partial charge in [-0.25, -0.2) is 4.98 Å². The second-order valence-corrected chi connectivity index (χ2v) is 3.39. The molecule has 1 heterocycles. The van der Waals surface area contributed by atoms with Crippen molar-refractivity contribution in [2.45, 2.75) is 19.9 Å². The molecule has 15 heavy (non-hydrogen) atoms. The first kappa shape index (κ1) is 11.7. The average molecular weight is 211 g/mol. The third kappa shape index (κ3) is 2.36. The van der Waals surface area contributed by atoms with Gasteiger partial charge in [0.1, 0.15) is 0 Å². The number of hydrogen-bond acceptors (Lipinski definition) is 3. The van der Waals surface area contributed by atoms with Crippen LogP contribution in [-0.2, 0) is 11.8 Å². The molecule has 0 aliphatic heterocycles. The zero-order valence-electron chi connectivity index (χ0n) is 9.34. The van der Waals surface area contributed by atoms with Gasteiger partial charge in [0.25, 0.3) is 0 Å². The van der Waals surface area contributed by atoms with Crippen LogP contribution in [0.15, 0.2) is 12.5 Å². The molecule has 5 nitrogen and oxygen atoms in total. The van der Waals surface area contributed by atoms with E-state index in [-0.39, 0.29) is 0 Å². The summed E-state index contributed by atoms with van der Waals surface area (Å²) in [5.41, 5.74) is 0.714. The maximum Gasteiger partial charge on any atom is 0.327 e. The van der Waals surface area contributed by atoms with E-state index in [0.29, 0.717) is 18.8 Å². The molecule has 0 aromatic carbocycles. The largest absolute Gasteiger partial charge is 0.480 e. The lowest BCUT2D eigenvalue weighted by atomic mass is 10.2. The van der Waals surface area contributed by atoms with Gasteiger partial charge in [-0.05, 0) is 13.1 Å². The van der Waals surface area contributed by atoms with E-state index in [4.69, 9.17) is 0 Å². The van der Waals surface area contributed by atoms with Gasteiger partial charge in [-0.1, -0.05) is 13.8 Å². The topological polar surface area (TPSA) is 58.4 Å². The molecular formula is C10H17N3O2. The number of likely N-dealkylation sites (N-methyl/N-ethyl adjacent to an activating group) is 1. The maximum absolute atomic E-state index is 11.2. The zero-order valence-corrected chi connectivity index (χ0v) is 9.34. The van der Waals surface area contributed by atoms with Gasteiger partial charge in [-0.3, -0.25) is 9.69 Å². The molecule has 0 fully saturated rings. The van der Waals surface area contributed by atoms with Crippen molar-refractivity contribution in [2.75, 3.05) is 13.1 Å². The number of aromatic nitrogens is 2. The number of carboxylic acid groups (broad SMARTS) is 1. The zero-order chi connectivity index (χ0) is 11.4. The van der Waals surface area contributed by atoms with Gasteiger partial charge in [-0.15, -0.1) is 0 Å². The summed E-state index contributed by atoms with van der Waals surface area (Å²) in [7, 11) is 1.81. The van der Waals surface area contributed by atoms with Crippen LogP contribution in [0.4, 0.5) is 0 Å². The van der Waals surface area contributed by atoms with Gasteiger partial charge in [0, 0.05) is 7.05 Å². The van der Waals surface area contributed by atoms with Gasteiger partial charge < -0.3 is 9.67 Å². The van der Waals surface area contributed by atoms with E-state index < -0.39 is 12.0 Å². The van der Waals surface area contributed by atoms with Crippen molar-refractivity contribution in [3.63, 3.8) is 0 Å². The molecule has 1 atom stereocenters. The minimum absolute atomic E-state index is 0.604. The van der Waals surface area contributed by atoms with E-state index in [1.807, 2.05) is 25.8 Å². The van der Waals surface area contributed by atoms with Crippen molar-refractivity contribution in [2.24, 2.45) is 7.05 Å². The molecule has 1 aromatic heterocycles. The number of imidazole rings is 1. The van der Waals surface area contributed by atoms with Crippen molar-refractivity contribution in [1.82, 2.24) is 14.5 Å². The highest BCUT2D eigenvalue weighted by Crippen LogP contribution is 2.19. The molecule has 0 saturated carbocycles. The Balaban J connectivity index is 3.03. The van der Waals surface area contributed by atoms with Crippen LogP contribution in [0.2, 0.25) is 0 Å². The van der Waals surface area contributed by atoms with Gasteiger partial charge in [-0.2, -0.15) is 0 Å². The molecule has 5 heteroatoms. The van der Waals surface area contributed by atoms with Gasteiger partial charge in [0.15, 0.2) is 6.04 Å². The van der Waals surface area contributed by atoms with Crippen LogP contribution < -0.4 is 0 Å². The van der Waals surface area contributed by atoms with Crippen molar-refractivity contribution >= 4 is 5.97 Å². The van der Waals surface area contributed by atoms with Gasteiger partial charge >= 0.3 is 5.97 Å². The van der Waals surface area contributed by atoms with E-state index in [0.717, 1.165) is 0 Å². The van der Waals surface area contributed by atoms with Gasteiger partial charge in [0.2, 0.25) is 0 Å². The Hall–Kier alpha value is -1.36. The second kappa shape index (κ2) is 4.93. The first-order valence-corrected chi connectivity index (χ1v) is 5.04. The number of carboxylic acids is 1. The molecule has 1 N–H and O–H groups in total. The van der Waals surface area contributed by atoms with E-state index in [9.17, 15) is 9.90 Å². The fourth-order valence-corrected chi connectivity index (χ4v) is 1.69. The van der Waals surface area contributed by atoms with Crippen LogP contribution in [-0.4, -0.2) is 38.6 Å². The molecular weight excluding hydrogens is 194 g/mol. The lowest BCUT2D eigenvalue weighted by Crippen LogP contribution is -2.34. The van der Waals surface area contributed by atoms with Gasteiger partial charge in [0.05, 0.1) is 18.2 Å². The SMILES string of the molecule is CCN(CC)C(C(=O)O)c1cncn1C. The molecule has 84 valence electrons. The molecule has 0 saturated heterocycles. The van der Waals surface area contributed by atoms with Crippen LogP contribution in [0.3, 0.4) is 0 Å². The minimum atomic E-state index is -0.831. The van der Waals surface area contributed by atoms with Crippen LogP contribution in [0.1, 0.15) is 25.6 Å². The highest BCUT2D eigenvalue weighted by molar-refractivity contribution is 5.74. The monoisotopic (exact) mass is 211 g/mol. The molecule has 1 aromatic rings. The van der Waals surface area contributed by atoms with Crippen molar-refractivity contribution in [1.29, 1.82) is 0 Å². The Morgan fingerprint density at radius 2 is 2.20 bits per heavy atom. The summed E-state index contributed by atoms with van der Waals surface area (Å²) >= 11 is 0. The Kier molecular flexibility index (Phi) is 3.85. The molecule has 0 radical (unpaired) electrons. The van der Waals surface area contributed by atoms with Crippen LogP contribution in [0.25, 0.3) is 0 Å². The van der Waals surface area contributed by atoms with Crippen molar-refractivity contribution in [3.05, 3.63) is 18.2 Å². The Labute approximate surface area is 89.3 Å². The normalized spacial score (nSPS) is 13.1. The fraction of sp³-hybridized carbons (Fsp3) is 0.600. The van der Waals surface area contributed by atoms with E-state index in [1.54, 1.807) is 17.1 Å². The summed E-state index contributed by atoms with van der Waals surface area (Å²) in [4.78, 5) is 17.1. The van der Waals surface area contributed by atoms with Crippen molar-refractivity contribution < 1.29 is 9.90 Å². The molecule has 0 amide bonds. The first-order chi connectivity index (χ1) is 7.11. The lowest BCUT2D eigenvalue weighted by molar-refractivity contribution is -0.143. The Bertz CT molecular complexity index is 331. The number of aliphatic carboxylic acids is 1. The third-order valence-corrected chi connectivity index (χ3v) is 2.55. The van der Waals surface area contributed by atoms with E-state index >= 15 is 0 Å².